The fraction of sp³-hybridized carbons (Fsp3) is 0.375. The van der Waals surface area contributed by atoms with E-state index in [1.165, 1.54) is 16.2 Å². The third-order valence-corrected chi connectivity index (χ3v) is 5.36. The molecule has 0 saturated carbocycles. The molecule has 0 radical (unpaired) electrons. The van der Waals surface area contributed by atoms with Crippen LogP contribution in [-0.4, -0.2) is 40.2 Å². The van der Waals surface area contributed by atoms with E-state index in [-0.39, 0.29) is 19.6 Å². The van der Waals surface area contributed by atoms with Crippen molar-refractivity contribution < 1.29 is 23.1 Å². The normalized spacial score (nSPS) is 21.6. The number of thiazole rings is 1. The highest BCUT2D eigenvalue weighted by atomic mass is 35.5. The van der Waals surface area contributed by atoms with E-state index in [0.717, 1.165) is 5.56 Å². The zero-order valence-corrected chi connectivity index (χ0v) is 14.4. The lowest BCUT2D eigenvalue weighted by atomic mass is 9.96. The molecule has 2 heterocycles. The van der Waals surface area contributed by atoms with Crippen LogP contribution in [0.25, 0.3) is 11.3 Å². The van der Waals surface area contributed by atoms with Crippen molar-refractivity contribution in [2.45, 2.75) is 12.7 Å². The summed E-state index contributed by atoms with van der Waals surface area (Å²) in [5.74, 6) is -4.71. The summed E-state index contributed by atoms with van der Waals surface area (Å²) in [6.45, 7) is -0.284. The summed E-state index contributed by atoms with van der Waals surface area (Å²) in [4.78, 5) is 17.0. The molecular weight excluding hydrogens is 377 g/mol. The molecule has 25 heavy (non-hydrogen) atoms. The second kappa shape index (κ2) is 6.93. The molecule has 1 fully saturated rings. The Bertz CT molecular complexity index is 781. The highest BCUT2D eigenvalue weighted by Gasteiger charge is 2.52. The molecule has 134 valence electrons. The fourth-order valence-electron chi connectivity index (χ4n) is 2.96. The molecule has 1 saturated heterocycles. The Morgan fingerprint density at radius 3 is 2.68 bits per heavy atom. The smallest absolute Gasteiger partial charge is 0.393 e. The van der Waals surface area contributed by atoms with Crippen molar-refractivity contribution in [3.05, 3.63) is 39.7 Å². The quantitative estimate of drug-likeness (QED) is 0.851. The van der Waals surface area contributed by atoms with Gasteiger partial charge in [-0.2, -0.15) is 13.2 Å². The molecule has 2 atom stereocenters. The van der Waals surface area contributed by atoms with Crippen LogP contribution < -0.4 is 0 Å². The van der Waals surface area contributed by atoms with Crippen molar-refractivity contribution in [1.29, 1.82) is 0 Å². The summed E-state index contributed by atoms with van der Waals surface area (Å²) in [5, 5.41) is 12.0. The minimum Gasteiger partial charge on any atom is -0.481 e. The summed E-state index contributed by atoms with van der Waals surface area (Å²) in [7, 11) is 0. The summed E-state index contributed by atoms with van der Waals surface area (Å²) in [6, 6.07) is 7.18. The van der Waals surface area contributed by atoms with Gasteiger partial charge < -0.3 is 5.11 Å². The van der Waals surface area contributed by atoms with Crippen molar-refractivity contribution in [3.8, 4) is 11.3 Å². The number of benzene rings is 1. The molecule has 0 unspecified atom stereocenters. The Hall–Kier alpha value is -1.64. The van der Waals surface area contributed by atoms with Crippen LogP contribution in [0.2, 0.25) is 5.02 Å². The van der Waals surface area contributed by atoms with Gasteiger partial charge in [-0.25, -0.2) is 4.98 Å². The number of halogens is 4. The van der Waals surface area contributed by atoms with Gasteiger partial charge in [0.05, 0.1) is 24.1 Å². The van der Waals surface area contributed by atoms with E-state index in [2.05, 4.69) is 4.98 Å². The van der Waals surface area contributed by atoms with E-state index in [0.29, 0.717) is 15.7 Å². The fourth-order valence-corrected chi connectivity index (χ4v) is 4.03. The van der Waals surface area contributed by atoms with Gasteiger partial charge in [0.1, 0.15) is 5.01 Å². The molecule has 1 aromatic carbocycles. The van der Waals surface area contributed by atoms with Crippen LogP contribution in [0, 0.1) is 11.8 Å². The Morgan fingerprint density at radius 2 is 2.08 bits per heavy atom. The lowest BCUT2D eigenvalue weighted by Gasteiger charge is -2.18. The zero-order chi connectivity index (χ0) is 18.2. The molecule has 1 aromatic heterocycles. The minimum absolute atomic E-state index is 0.138. The van der Waals surface area contributed by atoms with Gasteiger partial charge in [-0.15, -0.1) is 11.3 Å². The van der Waals surface area contributed by atoms with E-state index in [1.54, 1.807) is 17.5 Å². The molecule has 2 aromatic rings. The Morgan fingerprint density at radius 1 is 1.36 bits per heavy atom. The first kappa shape index (κ1) is 18.2. The van der Waals surface area contributed by atoms with E-state index in [9.17, 15) is 18.0 Å². The number of hydrogen-bond acceptors (Lipinski definition) is 4. The summed E-state index contributed by atoms with van der Waals surface area (Å²) in [5.41, 5.74) is 1.41. The molecule has 1 aliphatic rings. The number of carboxylic acids is 1. The van der Waals surface area contributed by atoms with E-state index < -0.39 is 24.0 Å². The van der Waals surface area contributed by atoms with Crippen LogP contribution in [0.4, 0.5) is 13.2 Å². The van der Waals surface area contributed by atoms with Gasteiger partial charge in [0.15, 0.2) is 0 Å². The van der Waals surface area contributed by atoms with Crippen LogP contribution in [0.15, 0.2) is 29.6 Å². The maximum atomic E-state index is 13.0. The highest BCUT2D eigenvalue weighted by Crippen LogP contribution is 2.38. The maximum Gasteiger partial charge on any atom is 0.393 e. The number of likely N-dealkylation sites (tertiary alicyclic amines) is 1. The Kier molecular flexibility index (Phi) is 5.04. The average molecular weight is 391 g/mol. The lowest BCUT2D eigenvalue weighted by Crippen LogP contribution is -2.33. The molecule has 0 bridgehead atoms. The van der Waals surface area contributed by atoms with Gasteiger partial charge in [0.25, 0.3) is 0 Å². The first-order valence-corrected chi connectivity index (χ1v) is 8.72. The summed E-state index contributed by atoms with van der Waals surface area (Å²) >= 11 is 7.44. The Labute approximate surface area is 150 Å². The minimum atomic E-state index is -4.52. The zero-order valence-electron chi connectivity index (χ0n) is 12.8. The number of nitrogens with zero attached hydrogens (tertiary/aromatic N) is 2. The number of aliphatic carboxylic acids is 1. The first-order chi connectivity index (χ1) is 11.8. The molecular formula is C16H14ClF3N2O2S. The molecule has 3 rings (SSSR count). The van der Waals surface area contributed by atoms with Crippen molar-refractivity contribution in [3.63, 3.8) is 0 Å². The molecule has 0 spiro atoms. The van der Waals surface area contributed by atoms with Gasteiger partial charge in [-0.05, 0) is 6.07 Å². The van der Waals surface area contributed by atoms with Crippen molar-refractivity contribution in [1.82, 2.24) is 9.88 Å². The molecule has 9 heteroatoms. The molecule has 0 aliphatic carbocycles. The van der Waals surface area contributed by atoms with Gasteiger partial charge in [0.2, 0.25) is 0 Å². The highest BCUT2D eigenvalue weighted by molar-refractivity contribution is 7.09. The standard InChI is InChI=1S/C16H14ClF3N2O2S/c17-12-4-2-1-3-9(12)13-8-25-14(21-13)7-22-5-10(15(23)24)11(6-22)16(18,19)20/h1-4,8,10-11H,5-7H2,(H,23,24)/t10-,11-/m1/s1. The number of carbonyl (C=O) groups is 1. The predicted octanol–water partition coefficient (Wildman–Crippen LogP) is 4.16. The van der Waals surface area contributed by atoms with Crippen LogP contribution >= 0.6 is 22.9 Å². The number of aromatic nitrogens is 1. The number of alkyl halides is 3. The summed E-state index contributed by atoms with van der Waals surface area (Å²) in [6.07, 6.45) is -4.52. The third kappa shape index (κ3) is 3.96. The predicted molar refractivity (Wildman–Crippen MR) is 88.5 cm³/mol. The SMILES string of the molecule is O=C(O)[C@@H]1CN(Cc2nc(-c3ccccc3Cl)cs2)C[C@H]1C(F)(F)F. The van der Waals surface area contributed by atoms with Crippen molar-refractivity contribution in [2.75, 3.05) is 13.1 Å². The number of hydrogen-bond donors (Lipinski definition) is 1. The number of carboxylic acid groups (broad SMARTS) is 1. The van der Waals surface area contributed by atoms with Crippen molar-refractivity contribution in [2.24, 2.45) is 11.8 Å². The van der Waals surface area contributed by atoms with Crippen LogP contribution in [0.1, 0.15) is 5.01 Å². The monoisotopic (exact) mass is 390 g/mol. The molecule has 0 amide bonds. The van der Waals surface area contributed by atoms with Crippen LogP contribution in [0.3, 0.4) is 0 Å². The second-order valence-corrected chi connectivity index (χ2v) is 7.24. The van der Waals surface area contributed by atoms with E-state index in [1.807, 2.05) is 12.1 Å². The first-order valence-electron chi connectivity index (χ1n) is 7.47. The van der Waals surface area contributed by atoms with Gasteiger partial charge >= 0.3 is 12.1 Å². The van der Waals surface area contributed by atoms with Gasteiger partial charge in [-0.3, -0.25) is 9.69 Å². The lowest BCUT2D eigenvalue weighted by molar-refractivity contribution is -0.188. The molecule has 4 nitrogen and oxygen atoms in total. The third-order valence-electron chi connectivity index (χ3n) is 4.19. The molecule has 1 N–H and O–H groups in total. The van der Waals surface area contributed by atoms with Crippen LogP contribution in [0.5, 0.6) is 0 Å². The average Bonchev–Trinajstić information content (AvgIpc) is 3.15. The van der Waals surface area contributed by atoms with E-state index in [4.69, 9.17) is 16.7 Å². The van der Waals surface area contributed by atoms with Gasteiger partial charge in [-0.1, -0.05) is 29.8 Å². The Balaban J connectivity index is 1.74. The van der Waals surface area contributed by atoms with Gasteiger partial charge in [0, 0.05) is 29.1 Å². The number of rotatable bonds is 4. The topological polar surface area (TPSA) is 53.4 Å². The van der Waals surface area contributed by atoms with E-state index >= 15 is 0 Å². The maximum absolute atomic E-state index is 13.0. The largest absolute Gasteiger partial charge is 0.481 e. The second-order valence-electron chi connectivity index (χ2n) is 5.89. The molecule has 1 aliphatic heterocycles. The van der Waals surface area contributed by atoms with Crippen molar-refractivity contribution >= 4 is 28.9 Å². The summed E-state index contributed by atoms with van der Waals surface area (Å²) < 4.78 is 39.1. The van der Waals surface area contributed by atoms with Crippen LogP contribution in [-0.2, 0) is 11.3 Å².